The number of ether oxygens (including phenoxy) is 1. The van der Waals surface area contributed by atoms with E-state index in [0.29, 0.717) is 12.3 Å². The zero-order chi connectivity index (χ0) is 21.9. The first-order chi connectivity index (χ1) is 15.6. The Hall–Kier alpha value is -3.48. The van der Waals surface area contributed by atoms with Gasteiger partial charge in [0.05, 0.1) is 23.9 Å². The van der Waals surface area contributed by atoms with Crippen LogP contribution in [0.15, 0.2) is 55.0 Å². The van der Waals surface area contributed by atoms with Crippen LogP contribution in [0.4, 0.5) is 5.82 Å². The molecule has 0 aromatic carbocycles. The standard InChI is InChI=1S/C25H28N6O/c1-18(2)32-25-7-5-6-20(28-25)16-22-27-21(17-24(29-22)30-10-3-4-11-30)14-19-8-12-31-13-9-26-23(31)15-19/h5-9,12-13,15,17-18H,3-4,10-11,14,16H2,1-2H3. The van der Waals surface area contributed by atoms with Gasteiger partial charge in [-0.05, 0) is 50.5 Å². The Balaban J connectivity index is 1.44. The number of hydrogen-bond acceptors (Lipinski definition) is 6. The molecular weight excluding hydrogens is 400 g/mol. The highest BCUT2D eigenvalue weighted by Gasteiger charge is 2.17. The van der Waals surface area contributed by atoms with Gasteiger partial charge in [-0.2, -0.15) is 0 Å². The van der Waals surface area contributed by atoms with Gasteiger partial charge in [-0.25, -0.2) is 19.9 Å². The Labute approximate surface area is 188 Å². The fourth-order valence-corrected chi connectivity index (χ4v) is 4.11. The number of rotatable bonds is 7. The Morgan fingerprint density at radius 1 is 0.938 bits per heavy atom. The van der Waals surface area contributed by atoms with Gasteiger partial charge in [-0.1, -0.05) is 6.07 Å². The molecule has 0 saturated carbocycles. The average Bonchev–Trinajstić information content (AvgIpc) is 3.45. The minimum Gasteiger partial charge on any atom is -0.475 e. The second kappa shape index (κ2) is 8.94. The minimum absolute atomic E-state index is 0.0894. The smallest absolute Gasteiger partial charge is 0.213 e. The Morgan fingerprint density at radius 3 is 2.66 bits per heavy atom. The normalized spacial score (nSPS) is 13.9. The molecule has 4 aromatic rings. The lowest BCUT2D eigenvalue weighted by molar-refractivity contribution is 0.232. The third-order valence-electron chi connectivity index (χ3n) is 5.57. The van der Waals surface area contributed by atoms with E-state index < -0.39 is 0 Å². The molecule has 32 heavy (non-hydrogen) atoms. The highest BCUT2D eigenvalue weighted by Crippen LogP contribution is 2.22. The van der Waals surface area contributed by atoms with Crippen LogP contribution in [0.3, 0.4) is 0 Å². The molecule has 0 amide bonds. The number of pyridine rings is 2. The maximum Gasteiger partial charge on any atom is 0.213 e. The molecule has 7 heteroatoms. The van der Waals surface area contributed by atoms with Crippen LogP contribution in [0.1, 0.15) is 49.5 Å². The van der Waals surface area contributed by atoms with Gasteiger partial charge >= 0.3 is 0 Å². The van der Waals surface area contributed by atoms with Crippen LogP contribution in [0.25, 0.3) is 5.65 Å². The topological polar surface area (TPSA) is 68.4 Å². The first-order valence-corrected chi connectivity index (χ1v) is 11.3. The third kappa shape index (κ3) is 4.72. The van der Waals surface area contributed by atoms with Crippen molar-refractivity contribution in [1.29, 1.82) is 0 Å². The Kier molecular flexibility index (Phi) is 5.71. The van der Waals surface area contributed by atoms with E-state index in [1.54, 1.807) is 0 Å². The molecule has 5 heterocycles. The monoisotopic (exact) mass is 428 g/mol. The molecule has 1 aliphatic rings. The summed E-state index contributed by atoms with van der Waals surface area (Å²) in [6, 6.07) is 12.3. The molecule has 0 spiro atoms. The van der Waals surface area contributed by atoms with E-state index in [1.165, 1.54) is 18.4 Å². The SMILES string of the molecule is CC(C)Oc1cccc(Cc2nc(Cc3ccn4ccnc4c3)cc(N3CCCC3)n2)n1. The van der Waals surface area contributed by atoms with Crippen molar-refractivity contribution in [2.24, 2.45) is 0 Å². The lowest BCUT2D eigenvalue weighted by Gasteiger charge is -2.18. The number of imidazole rings is 1. The van der Waals surface area contributed by atoms with Gasteiger partial charge in [0.15, 0.2) is 0 Å². The summed E-state index contributed by atoms with van der Waals surface area (Å²) < 4.78 is 7.78. The molecule has 5 rings (SSSR count). The summed E-state index contributed by atoms with van der Waals surface area (Å²) in [5, 5.41) is 0. The second-order valence-corrected chi connectivity index (χ2v) is 8.54. The number of aromatic nitrogens is 5. The molecule has 0 radical (unpaired) electrons. The van der Waals surface area contributed by atoms with Crippen LogP contribution in [-0.4, -0.2) is 43.5 Å². The van der Waals surface area contributed by atoms with Gasteiger partial charge in [0.2, 0.25) is 5.88 Å². The van der Waals surface area contributed by atoms with Crippen LogP contribution in [0, 0.1) is 0 Å². The molecule has 0 unspecified atom stereocenters. The molecule has 4 aromatic heterocycles. The zero-order valence-electron chi connectivity index (χ0n) is 18.6. The largest absolute Gasteiger partial charge is 0.475 e. The number of nitrogens with zero attached hydrogens (tertiary/aromatic N) is 6. The highest BCUT2D eigenvalue weighted by molar-refractivity contribution is 5.45. The van der Waals surface area contributed by atoms with E-state index in [1.807, 2.05) is 55.0 Å². The number of hydrogen-bond donors (Lipinski definition) is 0. The fourth-order valence-electron chi connectivity index (χ4n) is 4.11. The molecule has 1 aliphatic heterocycles. The molecule has 0 atom stereocenters. The summed E-state index contributed by atoms with van der Waals surface area (Å²) in [5.74, 6) is 2.45. The van der Waals surface area contributed by atoms with Crippen LogP contribution < -0.4 is 9.64 Å². The zero-order valence-corrected chi connectivity index (χ0v) is 18.6. The lowest BCUT2D eigenvalue weighted by atomic mass is 10.1. The number of anilines is 1. The van der Waals surface area contributed by atoms with Crippen LogP contribution >= 0.6 is 0 Å². The van der Waals surface area contributed by atoms with E-state index in [0.717, 1.165) is 48.2 Å². The van der Waals surface area contributed by atoms with Gasteiger partial charge in [-0.3, -0.25) is 0 Å². The Bertz CT molecular complexity index is 1210. The molecule has 1 fully saturated rings. The van der Waals surface area contributed by atoms with Crippen molar-refractivity contribution in [1.82, 2.24) is 24.3 Å². The maximum atomic E-state index is 5.76. The maximum absolute atomic E-state index is 5.76. The predicted octanol–water partition coefficient (Wildman–Crippen LogP) is 4.09. The number of fused-ring (bicyclic) bond motifs is 1. The summed E-state index contributed by atoms with van der Waals surface area (Å²) in [4.78, 5) is 21.2. The van der Waals surface area contributed by atoms with Crippen LogP contribution in [0.2, 0.25) is 0 Å². The summed E-state index contributed by atoms with van der Waals surface area (Å²) in [5.41, 5.74) is 4.06. The first-order valence-electron chi connectivity index (χ1n) is 11.3. The second-order valence-electron chi connectivity index (χ2n) is 8.54. The fraction of sp³-hybridized carbons (Fsp3) is 0.360. The lowest BCUT2D eigenvalue weighted by Crippen LogP contribution is -2.20. The van der Waals surface area contributed by atoms with Gasteiger partial charge in [-0.15, -0.1) is 0 Å². The van der Waals surface area contributed by atoms with Crippen LogP contribution in [-0.2, 0) is 12.8 Å². The van der Waals surface area contributed by atoms with Crippen LogP contribution in [0.5, 0.6) is 5.88 Å². The summed E-state index contributed by atoms with van der Waals surface area (Å²) >= 11 is 0. The highest BCUT2D eigenvalue weighted by atomic mass is 16.5. The first kappa shape index (κ1) is 20.4. The van der Waals surface area contributed by atoms with Crippen molar-refractivity contribution >= 4 is 11.5 Å². The van der Waals surface area contributed by atoms with Crippen molar-refractivity contribution in [2.45, 2.75) is 45.6 Å². The van der Waals surface area contributed by atoms with E-state index in [2.05, 4.69) is 33.1 Å². The van der Waals surface area contributed by atoms with E-state index in [4.69, 9.17) is 14.7 Å². The molecule has 1 saturated heterocycles. The molecule has 0 N–H and O–H groups in total. The van der Waals surface area contributed by atoms with Crippen molar-refractivity contribution in [3.05, 3.63) is 77.8 Å². The van der Waals surface area contributed by atoms with Gasteiger partial charge in [0.1, 0.15) is 17.3 Å². The molecular formula is C25H28N6O. The van der Waals surface area contributed by atoms with E-state index >= 15 is 0 Å². The molecule has 0 aliphatic carbocycles. The van der Waals surface area contributed by atoms with Crippen molar-refractivity contribution < 1.29 is 4.74 Å². The predicted molar refractivity (Wildman–Crippen MR) is 124 cm³/mol. The van der Waals surface area contributed by atoms with Gasteiger partial charge in [0.25, 0.3) is 0 Å². The van der Waals surface area contributed by atoms with Gasteiger partial charge < -0.3 is 14.0 Å². The Morgan fingerprint density at radius 2 is 1.81 bits per heavy atom. The van der Waals surface area contributed by atoms with Gasteiger partial charge in [0, 0.05) is 50.2 Å². The van der Waals surface area contributed by atoms with Crippen molar-refractivity contribution in [2.75, 3.05) is 18.0 Å². The average molecular weight is 429 g/mol. The summed E-state index contributed by atoms with van der Waals surface area (Å²) in [7, 11) is 0. The molecule has 0 bridgehead atoms. The molecule has 7 nitrogen and oxygen atoms in total. The van der Waals surface area contributed by atoms with Crippen molar-refractivity contribution in [3.8, 4) is 5.88 Å². The third-order valence-corrected chi connectivity index (χ3v) is 5.57. The van der Waals surface area contributed by atoms with E-state index in [-0.39, 0.29) is 6.10 Å². The van der Waals surface area contributed by atoms with E-state index in [9.17, 15) is 0 Å². The minimum atomic E-state index is 0.0894. The summed E-state index contributed by atoms with van der Waals surface area (Å²) in [6.07, 6.45) is 9.64. The summed E-state index contributed by atoms with van der Waals surface area (Å²) in [6.45, 7) is 6.10. The molecule has 164 valence electrons. The van der Waals surface area contributed by atoms with Crippen molar-refractivity contribution in [3.63, 3.8) is 0 Å². The quantitative estimate of drug-likeness (QED) is 0.442.